The lowest BCUT2D eigenvalue weighted by Gasteiger charge is -2.22. The van der Waals surface area contributed by atoms with Crippen LogP contribution in [0.5, 0.6) is 0 Å². The molecule has 1 saturated heterocycles. The number of aliphatic imine (C=N–C) groups is 1. The third-order valence-electron chi connectivity index (χ3n) is 3.70. The first kappa shape index (κ1) is 18.3. The van der Waals surface area contributed by atoms with Crippen molar-refractivity contribution in [2.75, 3.05) is 20.1 Å². The lowest BCUT2D eigenvalue weighted by atomic mass is 10.1. The number of likely N-dealkylation sites (N-methyl/N-ethyl adjacent to an activating group) is 1. The number of hydrogen-bond donors (Lipinski definition) is 1. The number of carbonyl (C=O) groups excluding carboxylic acids is 3. The van der Waals surface area contributed by atoms with Crippen LogP contribution in [0.1, 0.15) is 76.3 Å². The number of nitrogens with zero attached hydrogens (tertiary/aromatic N) is 2. The molecule has 0 aromatic rings. The van der Waals surface area contributed by atoms with E-state index in [2.05, 4.69) is 10.3 Å². The monoisotopic (exact) mass is 386 g/mol. The summed E-state index contributed by atoms with van der Waals surface area (Å²) in [5, 5.41) is 2.36. The van der Waals surface area contributed by atoms with Crippen LogP contribution >= 0.6 is 0 Å². The van der Waals surface area contributed by atoms with Crippen molar-refractivity contribution in [3.8, 4) is 0 Å². The Labute approximate surface area is 165 Å². The van der Waals surface area contributed by atoms with Gasteiger partial charge in [-0.25, -0.2) is 4.79 Å². The van der Waals surface area contributed by atoms with Crippen molar-refractivity contribution in [1.29, 1.82) is 0 Å². The average molecular weight is 387 g/mol. The second-order valence-corrected chi connectivity index (χ2v) is 7.50. The molecular formula is C19H33N3O5. The smallest absolute Gasteiger partial charge is 0.437 e. The summed E-state index contributed by atoms with van der Waals surface area (Å²) in [5.74, 6) is -1.84. The molecule has 0 atom stereocenters. The van der Waals surface area contributed by atoms with Crippen LogP contribution < -0.4 is 5.32 Å². The van der Waals surface area contributed by atoms with Gasteiger partial charge in [0.15, 0.2) is 0 Å². The lowest BCUT2D eigenvalue weighted by Crippen LogP contribution is -2.45. The van der Waals surface area contributed by atoms with Gasteiger partial charge >= 0.3 is 12.1 Å². The molecule has 2 amide bonds. The largest absolute Gasteiger partial charge is 0.464 e. The van der Waals surface area contributed by atoms with Gasteiger partial charge in [0.25, 0.3) is 0 Å². The van der Waals surface area contributed by atoms with E-state index in [0.29, 0.717) is 17.7 Å². The molecule has 0 aromatic carbocycles. The van der Waals surface area contributed by atoms with Crippen LogP contribution in [0.4, 0.5) is 4.79 Å². The predicted octanol–water partition coefficient (Wildman–Crippen LogP) is 3.00. The standard InChI is InChI=1S/C19H33N3O5/c1-19(2,3)27-18(25)21-17-20-15(23)12-10-8-6-5-7-9-11-13-26-16(24)14-22(17)4/h5-14H2,1-4H3,(H,20,21,23,25)/i4D3. The summed E-state index contributed by atoms with van der Waals surface area (Å²) in [6.07, 6.45) is 5.18. The molecule has 1 aliphatic rings. The van der Waals surface area contributed by atoms with Crippen molar-refractivity contribution in [2.45, 2.75) is 77.7 Å². The number of guanidine groups is 1. The summed E-state index contributed by atoms with van der Waals surface area (Å²) in [5.41, 5.74) is -0.868. The van der Waals surface area contributed by atoms with Crippen LogP contribution in [0.3, 0.4) is 0 Å². The summed E-state index contributed by atoms with van der Waals surface area (Å²) in [6.45, 7) is 1.51. The molecule has 0 aliphatic carbocycles. The Kier molecular flexibility index (Phi) is 7.82. The van der Waals surface area contributed by atoms with Crippen molar-refractivity contribution in [1.82, 2.24) is 10.2 Å². The molecule has 1 rings (SSSR count). The Morgan fingerprint density at radius 2 is 1.78 bits per heavy atom. The molecule has 8 nitrogen and oxygen atoms in total. The first-order valence-electron chi connectivity index (χ1n) is 10.9. The zero-order chi connectivity index (χ0) is 22.8. The number of nitrogens with one attached hydrogen (secondary N) is 1. The van der Waals surface area contributed by atoms with Crippen LogP contribution in [0.15, 0.2) is 4.99 Å². The van der Waals surface area contributed by atoms with Gasteiger partial charge in [-0.3, -0.25) is 14.9 Å². The van der Waals surface area contributed by atoms with E-state index in [1.54, 1.807) is 20.8 Å². The topological polar surface area (TPSA) is 97.3 Å². The fraction of sp³-hybridized carbons (Fsp3) is 0.789. The molecule has 1 N–H and O–H groups in total. The Hall–Kier alpha value is -2.12. The quantitative estimate of drug-likeness (QED) is 0.643. The molecule has 154 valence electrons. The van der Waals surface area contributed by atoms with Crippen LogP contribution in [-0.2, 0) is 19.1 Å². The van der Waals surface area contributed by atoms with E-state index in [1.807, 2.05) is 0 Å². The van der Waals surface area contributed by atoms with Crippen molar-refractivity contribution in [3.63, 3.8) is 0 Å². The Morgan fingerprint density at radius 1 is 1.15 bits per heavy atom. The molecule has 0 saturated carbocycles. The van der Waals surface area contributed by atoms with Crippen LogP contribution in [0.2, 0.25) is 0 Å². The van der Waals surface area contributed by atoms with Crippen LogP contribution in [0, 0.1) is 0 Å². The second kappa shape index (κ2) is 11.6. The summed E-state index contributed by atoms with van der Waals surface area (Å²) < 4.78 is 33.4. The molecule has 0 bridgehead atoms. The van der Waals surface area contributed by atoms with Crippen LogP contribution in [0.25, 0.3) is 0 Å². The van der Waals surface area contributed by atoms with Crippen molar-refractivity contribution < 1.29 is 28.0 Å². The SMILES string of the molecule is [2H]C([2H])([2H])N1CC(=O)OCCCCCCCCCC(=O)NC1=NC(=O)OC(C)(C)C. The normalized spacial score (nSPS) is 22.9. The van der Waals surface area contributed by atoms with E-state index in [1.165, 1.54) is 0 Å². The highest BCUT2D eigenvalue weighted by Crippen LogP contribution is 2.10. The third kappa shape index (κ3) is 11.2. The van der Waals surface area contributed by atoms with Gasteiger partial charge in [-0.15, -0.1) is 4.99 Å². The number of amides is 2. The molecule has 0 radical (unpaired) electrons. The van der Waals surface area contributed by atoms with Gasteiger partial charge in [-0.05, 0) is 33.6 Å². The molecule has 0 aromatic heterocycles. The van der Waals surface area contributed by atoms with Crippen molar-refractivity contribution >= 4 is 23.9 Å². The predicted molar refractivity (Wildman–Crippen MR) is 102 cm³/mol. The minimum atomic E-state index is -2.85. The maximum atomic E-state index is 12.3. The highest BCUT2D eigenvalue weighted by molar-refractivity contribution is 6.01. The van der Waals surface area contributed by atoms with E-state index in [9.17, 15) is 14.4 Å². The summed E-state index contributed by atoms with van der Waals surface area (Å²) >= 11 is 0. The summed E-state index contributed by atoms with van der Waals surface area (Å²) in [4.78, 5) is 40.9. The molecular weight excluding hydrogens is 350 g/mol. The van der Waals surface area contributed by atoms with Gasteiger partial charge in [-0.1, -0.05) is 32.1 Å². The first-order chi connectivity index (χ1) is 13.9. The van der Waals surface area contributed by atoms with Gasteiger partial charge in [0.1, 0.15) is 12.1 Å². The maximum Gasteiger partial charge on any atom is 0.437 e. The van der Waals surface area contributed by atoms with Crippen LogP contribution in [-0.4, -0.2) is 54.6 Å². The van der Waals surface area contributed by atoms with Crippen molar-refractivity contribution in [3.05, 3.63) is 0 Å². The maximum absolute atomic E-state index is 12.3. The minimum absolute atomic E-state index is 0.145. The molecule has 0 spiro atoms. The number of cyclic esters (lactones) is 1. The molecule has 27 heavy (non-hydrogen) atoms. The summed E-state index contributed by atoms with van der Waals surface area (Å²) in [7, 11) is 0. The highest BCUT2D eigenvalue weighted by atomic mass is 16.6. The van der Waals surface area contributed by atoms with Gasteiger partial charge in [0.2, 0.25) is 11.9 Å². The lowest BCUT2D eigenvalue weighted by molar-refractivity contribution is -0.144. The Balaban J connectivity index is 3.13. The Bertz CT molecular complexity index is 630. The fourth-order valence-electron chi connectivity index (χ4n) is 2.42. The second-order valence-electron chi connectivity index (χ2n) is 7.50. The molecule has 0 unspecified atom stereocenters. The number of carbonyl (C=O) groups is 3. The first-order valence-corrected chi connectivity index (χ1v) is 9.43. The minimum Gasteiger partial charge on any atom is -0.464 e. The third-order valence-corrected chi connectivity index (χ3v) is 3.70. The number of ether oxygens (including phenoxy) is 2. The van der Waals surface area contributed by atoms with E-state index in [-0.39, 0.29) is 13.0 Å². The summed E-state index contributed by atoms with van der Waals surface area (Å²) in [6, 6.07) is 0. The van der Waals surface area contributed by atoms with Crippen molar-refractivity contribution in [2.24, 2.45) is 4.99 Å². The van der Waals surface area contributed by atoms with Gasteiger partial charge < -0.3 is 14.4 Å². The number of rotatable bonds is 0. The van der Waals surface area contributed by atoms with E-state index >= 15 is 0 Å². The zero-order valence-electron chi connectivity index (χ0n) is 19.5. The van der Waals surface area contributed by atoms with E-state index in [0.717, 1.165) is 32.1 Å². The highest BCUT2D eigenvalue weighted by Gasteiger charge is 2.20. The molecule has 1 aliphatic heterocycles. The molecule has 8 heteroatoms. The fourth-order valence-corrected chi connectivity index (χ4v) is 2.42. The average Bonchev–Trinajstić information content (AvgIpc) is 2.57. The molecule has 1 fully saturated rings. The van der Waals surface area contributed by atoms with Gasteiger partial charge in [-0.2, -0.15) is 0 Å². The molecule has 1 heterocycles. The zero-order valence-corrected chi connectivity index (χ0v) is 16.5. The van der Waals surface area contributed by atoms with E-state index in [4.69, 9.17) is 13.6 Å². The van der Waals surface area contributed by atoms with Gasteiger partial charge in [0.05, 0.1) is 6.61 Å². The van der Waals surface area contributed by atoms with E-state index < -0.39 is 43.1 Å². The number of esters is 1. The number of hydrogen-bond acceptors (Lipinski definition) is 5. The Morgan fingerprint density at radius 3 is 2.41 bits per heavy atom. The van der Waals surface area contributed by atoms with Gasteiger partial charge in [0, 0.05) is 17.5 Å².